The number of amides is 2. The van der Waals surface area contributed by atoms with Gasteiger partial charge in [-0.15, -0.1) is 0 Å². The molecule has 3 aromatic rings. The Morgan fingerprint density at radius 1 is 0.844 bits per heavy atom. The van der Waals surface area contributed by atoms with Crippen molar-refractivity contribution >= 4 is 11.8 Å². The van der Waals surface area contributed by atoms with Crippen molar-refractivity contribution in [3.05, 3.63) is 117 Å². The van der Waals surface area contributed by atoms with Gasteiger partial charge in [-0.25, -0.2) is 0 Å². The summed E-state index contributed by atoms with van der Waals surface area (Å²) >= 11 is 0. The third-order valence-corrected chi connectivity index (χ3v) is 7.56. The standard InChI is InChI=1S/C26H20N2O4/c1-15(16-9-3-2-4-10-16)27-24(29)22-21-17-11-5-7-13-19(17)26(28(31)32,23(22)25(27)30)20-14-8-6-12-18(20)21/h2-15,21-23H,1H3/t15-,21?,22-,23+,26?/m1/s1. The van der Waals surface area contributed by atoms with Crippen LogP contribution in [0.15, 0.2) is 78.9 Å². The van der Waals surface area contributed by atoms with Crippen LogP contribution in [-0.2, 0) is 15.1 Å². The Morgan fingerprint density at radius 2 is 1.38 bits per heavy atom. The third kappa shape index (κ3) is 2.04. The number of carbonyl (C=O) groups is 2. The number of nitrogens with zero attached hydrogens (tertiary/aromatic N) is 2. The average molecular weight is 424 g/mol. The summed E-state index contributed by atoms with van der Waals surface area (Å²) in [5, 5.41) is 12.9. The van der Waals surface area contributed by atoms with Crippen LogP contribution in [0.4, 0.5) is 0 Å². The van der Waals surface area contributed by atoms with Gasteiger partial charge in [0.05, 0.1) is 12.0 Å². The molecule has 7 rings (SSSR count). The maximum Gasteiger partial charge on any atom is 0.284 e. The second kappa shape index (κ2) is 6.36. The van der Waals surface area contributed by atoms with E-state index in [0.29, 0.717) is 11.1 Å². The monoisotopic (exact) mass is 424 g/mol. The van der Waals surface area contributed by atoms with Crippen molar-refractivity contribution in [2.75, 3.05) is 0 Å². The highest BCUT2D eigenvalue weighted by Gasteiger charge is 2.75. The van der Waals surface area contributed by atoms with E-state index in [-0.39, 0.29) is 16.7 Å². The van der Waals surface area contributed by atoms with Gasteiger partial charge in [0, 0.05) is 22.0 Å². The molecule has 0 spiro atoms. The number of nitro groups is 1. The summed E-state index contributed by atoms with van der Waals surface area (Å²) in [4.78, 5) is 41.6. The van der Waals surface area contributed by atoms with E-state index in [4.69, 9.17) is 0 Å². The Bertz CT molecular complexity index is 1250. The lowest BCUT2D eigenvalue weighted by atomic mass is 9.51. The van der Waals surface area contributed by atoms with Gasteiger partial charge in [0.25, 0.3) is 5.54 Å². The van der Waals surface area contributed by atoms with E-state index in [2.05, 4.69) is 0 Å². The van der Waals surface area contributed by atoms with Crippen LogP contribution >= 0.6 is 0 Å². The Morgan fingerprint density at radius 3 is 1.94 bits per heavy atom. The molecule has 1 fully saturated rings. The molecule has 6 nitrogen and oxygen atoms in total. The zero-order chi connectivity index (χ0) is 22.2. The van der Waals surface area contributed by atoms with Crippen LogP contribution in [0.1, 0.15) is 46.7 Å². The van der Waals surface area contributed by atoms with Crippen LogP contribution in [0.2, 0.25) is 0 Å². The number of carbonyl (C=O) groups excluding carboxylic acids is 2. The third-order valence-electron chi connectivity index (χ3n) is 7.56. The Hall–Kier alpha value is -3.80. The minimum atomic E-state index is -1.77. The van der Waals surface area contributed by atoms with Crippen molar-refractivity contribution in [2.45, 2.75) is 24.4 Å². The maximum absolute atomic E-state index is 13.9. The first-order chi connectivity index (χ1) is 15.5. The molecule has 1 heterocycles. The quantitative estimate of drug-likeness (QED) is 0.361. The molecule has 3 aliphatic carbocycles. The molecule has 0 radical (unpaired) electrons. The van der Waals surface area contributed by atoms with E-state index < -0.39 is 29.3 Å². The van der Waals surface area contributed by atoms with Gasteiger partial charge in [-0.05, 0) is 23.6 Å². The fourth-order valence-electron chi connectivity index (χ4n) is 6.33. The van der Waals surface area contributed by atoms with Crippen LogP contribution in [0.5, 0.6) is 0 Å². The van der Waals surface area contributed by atoms with Crippen molar-refractivity contribution in [3.63, 3.8) is 0 Å². The largest absolute Gasteiger partial charge is 0.284 e. The van der Waals surface area contributed by atoms with E-state index in [0.717, 1.165) is 16.7 Å². The van der Waals surface area contributed by atoms with E-state index in [1.54, 1.807) is 24.3 Å². The smallest absolute Gasteiger partial charge is 0.274 e. The van der Waals surface area contributed by atoms with Crippen molar-refractivity contribution in [3.8, 4) is 0 Å². The highest BCUT2D eigenvalue weighted by Crippen LogP contribution is 2.64. The summed E-state index contributed by atoms with van der Waals surface area (Å²) < 4.78 is 0. The molecule has 32 heavy (non-hydrogen) atoms. The molecule has 1 aliphatic heterocycles. The van der Waals surface area contributed by atoms with Crippen LogP contribution in [0.25, 0.3) is 0 Å². The van der Waals surface area contributed by atoms with Crippen molar-refractivity contribution in [1.82, 2.24) is 4.90 Å². The molecule has 158 valence electrons. The predicted molar refractivity (Wildman–Crippen MR) is 116 cm³/mol. The molecule has 3 atom stereocenters. The molecule has 2 amide bonds. The summed E-state index contributed by atoms with van der Waals surface area (Å²) in [5.41, 5.74) is 1.67. The van der Waals surface area contributed by atoms with Crippen LogP contribution in [0.3, 0.4) is 0 Å². The summed E-state index contributed by atoms with van der Waals surface area (Å²) in [6.45, 7) is 1.81. The maximum atomic E-state index is 13.9. The first kappa shape index (κ1) is 18.9. The fraction of sp³-hybridized carbons (Fsp3) is 0.231. The van der Waals surface area contributed by atoms with Gasteiger partial charge in [0.2, 0.25) is 11.8 Å². The van der Waals surface area contributed by atoms with E-state index in [1.165, 1.54) is 4.90 Å². The average Bonchev–Trinajstić information content (AvgIpc) is 3.09. The topological polar surface area (TPSA) is 80.5 Å². The second-order valence-electron chi connectivity index (χ2n) is 8.81. The molecule has 4 aliphatic rings. The van der Waals surface area contributed by atoms with E-state index in [9.17, 15) is 19.7 Å². The lowest BCUT2D eigenvalue weighted by molar-refractivity contribution is -0.578. The van der Waals surface area contributed by atoms with Crippen molar-refractivity contribution in [2.24, 2.45) is 11.8 Å². The molecule has 1 saturated heterocycles. The number of rotatable bonds is 3. The first-order valence-corrected chi connectivity index (χ1v) is 10.7. The number of benzene rings is 3. The minimum absolute atomic E-state index is 0.323. The number of hydrogen-bond donors (Lipinski definition) is 0. The lowest BCUT2D eigenvalue weighted by Crippen LogP contribution is -2.57. The number of likely N-dealkylation sites (tertiary alicyclic amines) is 1. The van der Waals surface area contributed by atoms with Gasteiger partial charge in [0.15, 0.2) is 0 Å². The van der Waals surface area contributed by atoms with Crippen molar-refractivity contribution in [1.29, 1.82) is 0 Å². The minimum Gasteiger partial charge on any atom is -0.274 e. The summed E-state index contributed by atoms with van der Waals surface area (Å²) in [7, 11) is 0. The molecule has 0 unspecified atom stereocenters. The molecule has 2 bridgehead atoms. The van der Waals surface area contributed by atoms with Crippen LogP contribution in [-0.4, -0.2) is 21.6 Å². The van der Waals surface area contributed by atoms with Gasteiger partial charge in [-0.3, -0.25) is 24.6 Å². The Balaban J connectivity index is 1.62. The Kier molecular flexibility index (Phi) is 3.76. The molecule has 0 N–H and O–H groups in total. The highest BCUT2D eigenvalue weighted by atomic mass is 16.6. The molecular formula is C26H20N2O4. The summed E-state index contributed by atoms with van der Waals surface area (Å²) in [6.07, 6.45) is 0. The van der Waals surface area contributed by atoms with Gasteiger partial charge < -0.3 is 0 Å². The molecule has 0 saturated carbocycles. The van der Waals surface area contributed by atoms with Gasteiger partial charge in [0.1, 0.15) is 5.92 Å². The zero-order valence-electron chi connectivity index (χ0n) is 17.3. The number of imide groups is 1. The van der Waals surface area contributed by atoms with Gasteiger partial charge in [-0.2, -0.15) is 0 Å². The van der Waals surface area contributed by atoms with Crippen LogP contribution in [0, 0.1) is 22.0 Å². The molecular weight excluding hydrogens is 404 g/mol. The van der Waals surface area contributed by atoms with Gasteiger partial charge >= 0.3 is 0 Å². The highest BCUT2D eigenvalue weighted by molar-refractivity contribution is 6.08. The lowest BCUT2D eigenvalue weighted by Gasteiger charge is -2.48. The predicted octanol–water partition coefficient (Wildman–Crippen LogP) is 4.03. The summed E-state index contributed by atoms with van der Waals surface area (Å²) in [6, 6.07) is 23.3. The normalized spacial score (nSPS) is 28.2. The number of hydrogen-bond acceptors (Lipinski definition) is 4. The Labute approximate surface area is 184 Å². The molecule has 3 aromatic carbocycles. The SMILES string of the molecule is C[C@H](c1ccccc1)N1C(=O)[C@@H]2C3c4ccccc4C([N+](=O)[O-])(c4ccccc43)[C@@H]2C1=O. The zero-order valence-corrected chi connectivity index (χ0v) is 17.3. The molecule has 6 heteroatoms. The van der Waals surface area contributed by atoms with Crippen LogP contribution < -0.4 is 0 Å². The van der Waals surface area contributed by atoms with E-state index in [1.807, 2.05) is 61.5 Å². The van der Waals surface area contributed by atoms with E-state index >= 15 is 0 Å². The van der Waals surface area contributed by atoms with Crippen molar-refractivity contribution < 1.29 is 14.5 Å². The summed E-state index contributed by atoms with van der Waals surface area (Å²) in [5.74, 6) is -3.01. The van der Waals surface area contributed by atoms with Gasteiger partial charge in [-0.1, -0.05) is 78.9 Å². The second-order valence-corrected chi connectivity index (χ2v) is 8.81. The first-order valence-electron chi connectivity index (χ1n) is 10.7. The molecule has 0 aromatic heterocycles. The fourth-order valence-corrected chi connectivity index (χ4v) is 6.33.